The van der Waals surface area contributed by atoms with E-state index in [1.54, 1.807) is 18.2 Å². The van der Waals surface area contributed by atoms with Gasteiger partial charge in [-0.3, -0.25) is 15.0 Å². The molecule has 0 radical (unpaired) electrons. The van der Waals surface area contributed by atoms with Gasteiger partial charge in [-0.1, -0.05) is 27.2 Å². The first-order valence-corrected chi connectivity index (χ1v) is 7.19. The Morgan fingerprint density at radius 2 is 2.10 bits per heavy atom. The molecule has 0 saturated carbocycles. The van der Waals surface area contributed by atoms with Crippen LogP contribution in [0.5, 0.6) is 0 Å². The summed E-state index contributed by atoms with van der Waals surface area (Å²) in [7, 11) is 1.84. The fourth-order valence-electron chi connectivity index (χ4n) is 2.18. The van der Waals surface area contributed by atoms with E-state index in [0.29, 0.717) is 5.92 Å². The second-order valence-electron chi connectivity index (χ2n) is 5.19. The van der Waals surface area contributed by atoms with Crippen LogP contribution in [-0.2, 0) is 6.54 Å². The number of nitrogens with zero attached hydrogens (tertiary/aromatic N) is 2. The van der Waals surface area contributed by atoms with Crippen LogP contribution in [0.4, 0.5) is 11.4 Å². The molecule has 0 aromatic heterocycles. The smallest absolute Gasteiger partial charge is 0.269 e. The minimum atomic E-state index is -0.339. The Labute approximate surface area is 121 Å². The van der Waals surface area contributed by atoms with Crippen molar-refractivity contribution >= 4 is 11.4 Å². The third-order valence-electron chi connectivity index (χ3n) is 3.68. The molecule has 0 aliphatic heterocycles. The summed E-state index contributed by atoms with van der Waals surface area (Å²) >= 11 is 0. The Kier molecular flexibility index (Phi) is 6.45. The molecule has 112 valence electrons. The molecule has 20 heavy (non-hydrogen) atoms. The van der Waals surface area contributed by atoms with E-state index in [9.17, 15) is 10.1 Å². The van der Waals surface area contributed by atoms with Crippen molar-refractivity contribution in [1.29, 1.82) is 0 Å². The Balaban J connectivity index is 2.92. The first kappa shape index (κ1) is 16.4. The van der Waals surface area contributed by atoms with Gasteiger partial charge in [-0.05, 0) is 24.1 Å². The highest BCUT2D eigenvalue weighted by Gasteiger charge is 2.14. The van der Waals surface area contributed by atoms with Gasteiger partial charge in [0.25, 0.3) is 5.69 Å². The van der Waals surface area contributed by atoms with Gasteiger partial charge < -0.3 is 5.32 Å². The van der Waals surface area contributed by atoms with Crippen LogP contribution >= 0.6 is 0 Å². The maximum absolute atomic E-state index is 10.9. The second kappa shape index (κ2) is 7.85. The number of nitrogens with one attached hydrogen (secondary N) is 1. The third-order valence-corrected chi connectivity index (χ3v) is 3.68. The lowest BCUT2D eigenvalue weighted by Crippen LogP contribution is -2.28. The molecule has 1 aromatic rings. The number of non-ortho nitro benzene ring substituents is 1. The number of rotatable bonds is 8. The topological polar surface area (TPSA) is 58.4 Å². The Hall–Kier alpha value is -1.62. The molecule has 1 rings (SSSR count). The molecule has 1 aromatic carbocycles. The summed E-state index contributed by atoms with van der Waals surface area (Å²) in [4.78, 5) is 12.9. The summed E-state index contributed by atoms with van der Waals surface area (Å²) in [5, 5.41) is 14.0. The van der Waals surface area contributed by atoms with Gasteiger partial charge in [0.15, 0.2) is 0 Å². The van der Waals surface area contributed by atoms with Crippen molar-refractivity contribution in [2.45, 2.75) is 33.7 Å². The monoisotopic (exact) mass is 279 g/mol. The molecule has 0 spiro atoms. The van der Waals surface area contributed by atoms with E-state index in [2.05, 4.69) is 31.0 Å². The number of hydrogen-bond donors (Lipinski definition) is 1. The molecule has 0 bridgehead atoms. The first-order valence-electron chi connectivity index (χ1n) is 7.19. The first-order chi connectivity index (χ1) is 9.51. The summed E-state index contributed by atoms with van der Waals surface area (Å²) in [5.41, 5.74) is 2.09. The molecule has 1 atom stereocenters. The summed E-state index contributed by atoms with van der Waals surface area (Å²) in [6.45, 7) is 9.23. The van der Waals surface area contributed by atoms with Gasteiger partial charge in [-0.2, -0.15) is 0 Å². The van der Waals surface area contributed by atoms with Crippen molar-refractivity contribution in [1.82, 2.24) is 4.90 Å². The number of anilines is 1. The summed E-state index contributed by atoms with van der Waals surface area (Å²) in [5.74, 6) is 0.631. The number of hydrogen-bond acceptors (Lipinski definition) is 4. The van der Waals surface area contributed by atoms with E-state index >= 15 is 0 Å². The van der Waals surface area contributed by atoms with E-state index in [4.69, 9.17) is 0 Å². The van der Waals surface area contributed by atoms with Gasteiger partial charge in [0.05, 0.1) is 4.92 Å². The SMILES string of the molecule is CCC(C)CN(CC)Cc1cc([N+](=O)[O-])ccc1NC. The van der Waals surface area contributed by atoms with Crippen LogP contribution in [-0.4, -0.2) is 30.0 Å². The minimum Gasteiger partial charge on any atom is -0.388 e. The number of nitro benzene ring substituents is 1. The minimum absolute atomic E-state index is 0.151. The summed E-state index contributed by atoms with van der Waals surface area (Å²) < 4.78 is 0. The molecule has 0 heterocycles. The van der Waals surface area contributed by atoms with Crippen LogP contribution < -0.4 is 5.32 Å². The predicted octanol–water partition coefficient (Wildman–Crippen LogP) is 3.50. The summed E-state index contributed by atoms with van der Waals surface area (Å²) in [6, 6.07) is 5.00. The largest absolute Gasteiger partial charge is 0.388 e. The molecule has 5 heteroatoms. The van der Waals surface area contributed by atoms with Crippen molar-refractivity contribution in [2.75, 3.05) is 25.5 Å². The molecule has 1 N–H and O–H groups in total. The Morgan fingerprint density at radius 3 is 2.60 bits per heavy atom. The standard InChI is InChI=1S/C15H25N3O2/c1-5-12(3)10-17(6-2)11-13-9-14(18(19)20)7-8-15(13)16-4/h7-9,12,16H,5-6,10-11H2,1-4H3. The van der Waals surface area contributed by atoms with Crippen LogP contribution in [0.25, 0.3) is 0 Å². The highest BCUT2D eigenvalue weighted by molar-refractivity contribution is 5.55. The van der Waals surface area contributed by atoms with Crippen molar-refractivity contribution in [2.24, 2.45) is 5.92 Å². The van der Waals surface area contributed by atoms with Crippen LogP contribution in [0.3, 0.4) is 0 Å². The van der Waals surface area contributed by atoms with Crippen LogP contribution in [0, 0.1) is 16.0 Å². The van der Waals surface area contributed by atoms with Crippen molar-refractivity contribution < 1.29 is 4.92 Å². The Morgan fingerprint density at radius 1 is 1.40 bits per heavy atom. The second-order valence-corrected chi connectivity index (χ2v) is 5.19. The van der Waals surface area contributed by atoms with Gasteiger partial charge in [0.1, 0.15) is 0 Å². The molecular weight excluding hydrogens is 254 g/mol. The van der Waals surface area contributed by atoms with Crippen molar-refractivity contribution in [3.8, 4) is 0 Å². The zero-order valence-corrected chi connectivity index (χ0v) is 12.8. The zero-order chi connectivity index (χ0) is 15.1. The van der Waals surface area contributed by atoms with Crippen LogP contribution in [0.1, 0.15) is 32.8 Å². The third kappa shape index (κ3) is 4.49. The number of nitro groups is 1. The molecular formula is C15H25N3O2. The molecule has 1 unspecified atom stereocenters. The van der Waals surface area contributed by atoms with Gasteiger partial charge in [-0.25, -0.2) is 0 Å². The lowest BCUT2D eigenvalue weighted by Gasteiger charge is -2.24. The fraction of sp³-hybridized carbons (Fsp3) is 0.600. The van der Waals surface area contributed by atoms with Gasteiger partial charge in [0, 0.05) is 38.0 Å². The average Bonchev–Trinajstić information content (AvgIpc) is 2.45. The molecule has 0 amide bonds. The van der Waals surface area contributed by atoms with Crippen molar-refractivity contribution in [3.63, 3.8) is 0 Å². The lowest BCUT2D eigenvalue weighted by atomic mass is 10.1. The summed E-state index contributed by atoms with van der Waals surface area (Å²) in [6.07, 6.45) is 1.14. The van der Waals surface area contributed by atoms with Crippen LogP contribution in [0.2, 0.25) is 0 Å². The lowest BCUT2D eigenvalue weighted by molar-refractivity contribution is -0.384. The fourth-order valence-corrected chi connectivity index (χ4v) is 2.18. The van der Waals surface area contributed by atoms with E-state index in [1.807, 2.05) is 7.05 Å². The normalized spacial score (nSPS) is 12.4. The molecule has 0 saturated heterocycles. The maximum atomic E-state index is 10.9. The van der Waals surface area contributed by atoms with Gasteiger partial charge in [-0.15, -0.1) is 0 Å². The van der Waals surface area contributed by atoms with E-state index in [1.165, 1.54) is 0 Å². The van der Waals surface area contributed by atoms with E-state index in [-0.39, 0.29) is 10.6 Å². The maximum Gasteiger partial charge on any atom is 0.269 e. The van der Waals surface area contributed by atoms with E-state index in [0.717, 1.165) is 37.3 Å². The molecule has 0 aliphatic carbocycles. The van der Waals surface area contributed by atoms with Crippen molar-refractivity contribution in [3.05, 3.63) is 33.9 Å². The Bertz CT molecular complexity index is 449. The molecule has 5 nitrogen and oxygen atoms in total. The average molecular weight is 279 g/mol. The molecule has 0 aliphatic rings. The predicted molar refractivity (Wildman–Crippen MR) is 83.0 cm³/mol. The van der Waals surface area contributed by atoms with E-state index < -0.39 is 0 Å². The van der Waals surface area contributed by atoms with Crippen LogP contribution in [0.15, 0.2) is 18.2 Å². The highest BCUT2D eigenvalue weighted by atomic mass is 16.6. The number of benzene rings is 1. The zero-order valence-electron chi connectivity index (χ0n) is 12.8. The highest BCUT2D eigenvalue weighted by Crippen LogP contribution is 2.23. The van der Waals surface area contributed by atoms with Gasteiger partial charge >= 0.3 is 0 Å². The molecule has 0 fully saturated rings. The van der Waals surface area contributed by atoms with Gasteiger partial charge in [0.2, 0.25) is 0 Å². The quantitative estimate of drug-likeness (QED) is 0.584.